The molecular weight excluding hydrogens is 204 g/mol. The number of benzene rings is 2. The first-order valence-corrected chi connectivity index (χ1v) is 6.50. The molecular formula is C17H20. The first kappa shape index (κ1) is 11.9. The number of aryl methyl sites for hydroxylation is 1. The topological polar surface area (TPSA) is 0 Å². The molecule has 0 saturated carbocycles. The van der Waals surface area contributed by atoms with Gasteiger partial charge in [0.15, 0.2) is 0 Å². The molecule has 2 rings (SSSR count). The molecule has 0 aliphatic heterocycles. The van der Waals surface area contributed by atoms with Crippen molar-refractivity contribution in [3.8, 4) is 0 Å². The van der Waals surface area contributed by atoms with Crippen LogP contribution < -0.4 is 0 Å². The van der Waals surface area contributed by atoms with E-state index in [1.807, 2.05) is 0 Å². The van der Waals surface area contributed by atoms with Crippen LogP contribution in [0.3, 0.4) is 0 Å². The summed E-state index contributed by atoms with van der Waals surface area (Å²) >= 11 is 0. The molecule has 0 radical (unpaired) electrons. The standard InChI is InChI=1S/C17H20/c1-2-3-8-15-11-7-12-17(13-15)14-16-9-5-4-6-10-16/h4-7,9-13H,2-3,8,14H2,1H3. The second-order valence-corrected chi connectivity index (χ2v) is 4.59. The highest BCUT2D eigenvalue weighted by Crippen LogP contribution is 2.13. The number of hydrogen-bond acceptors (Lipinski definition) is 0. The van der Waals surface area contributed by atoms with Crippen LogP contribution in [0.2, 0.25) is 0 Å². The van der Waals surface area contributed by atoms with E-state index >= 15 is 0 Å². The molecule has 0 N–H and O–H groups in total. The van der Waals surface area contributed by atoms with E-state index in [0.29, 0.717) is 0 Å². The second-order valence-electron chi connectivity index (χ2n) is 4.59. The minimum atomic E-state index is 1.04. The highest BCUT2D eigenvalue weighted by atomic mass is 14.0. The highest BCUT2D eigenvalue weighted by molar-refractivity contribution is 5.29. The van der Waals surface area contributed by atoms with E-state index in [4.69, 9.17) is 0 Å². The summed E-state index contributed by atoms with van der Waals surface area (Å²) in [5, 5.41) is 0. The molecule has 0 unspecified atom stereocenters. The van der Waals surface area contributed by atoms with E-state index in [9.17, 15) is 0 Å². The van der Waals surface area contributed by atoms with Crippen molar-refractivity contribution in [2.24, 2.45) is 0 Å². The average molecular weight is 224 g/mol. The molecule has 0 spiro atoms. The van der Waals surface area contributed by atoms with Crippen LogP contribution in [-0.2, 0) is 12.8 Å². The minimum absolute atomic E-state index is 1.04. The Bertz CT molecular complexity index is 443. The molecule has 2 aromatic carbocycles. The van der Waals surface area contributed by atoms with Gasteiger partial charge in [0.1, 0.15) is 0 Å². The van der Waals surface area contributed by atoms with Gasteiger partial charge in [-0.15, -0.1) is 0 Å². The van der Waals surface area contributed by atoms with Crippen molar-refractivity contribution in [2.75, 3.05) is 0 Å². The zero-order valence-electron chi connectivity index (χ0n) is 10.5. The van der Waals surface area contributed by atoms with Crippen LogP contribution in [0.25, 0.3) is 0 Å². The fraction of sp³-hybridized carbons (Fsp3) is 0.294. The third-order valence-electron chi connectivity index (χ3n) is 3.06. The van der Waals surface area contributed by atoms with Crippen LogP contribution in [0.15, 0.2) is 54.6 Å². The molecule has 0 atom stereocenters. The largest absolute Gasteiger partial charge is 0.0654 e. The molecule has 17 heavy (non-hydrogen) atoms. The molecule has 0 bridgehead atoms. The lowest BCUT2D eigenvalue weighted by molar-refractivity contribution is 0.794. The second kappa shape index (κ2) is 6.24. The van der Waals surface area contributed by atoms with Crippen molar-refractivity contribution in [3.63, 3.8) is 0 Å². The number of unbranched alkanes of at least 4 members (excludes halogenated alkanes) is 1. The van der Waals surface area contributed by atoms with E-state index < -0.39 is 0 Å². The van der Waals surface area contributed by atoms with Crippen LogP contribution in [0.1, 0.15) is 36.5 Å². The van der Waals surface area contributed by atoms with Crippen LogP contribution in [0, 0.1) is 0 Å². The van der Waals surface area contributed by atoms with Crippen molar-refractivity contribution >= 4 is 0 Å². The fourth-order valence-electron chi connectivity index (χ4n) is 2.11. The van der Waals surface area contributed by atoms with Crippen molar-refractivity contribution < 1.29 is 0 Å². The van der Waals surface area contributed by atoms with Gasteiger partial charge in [-0.2, -0.15) is 0 Å². The molecule has 0 nitrogen and oxygen atoms in total. The van der Waals surface area contributed by atoms with E-state index in [-0.39, 0.29) is 0 Å². The SMILES string of the molecule is CCCCc1cccc(Cc2ccccc2)c1. The smallest absolute Gasteiger partial charge is 0.00257 e. The highest BCUT2D eigenvalue weighted by Gasteiger charge is 1.98. The molecule has 88 valence electrons. The van der Waals surface area contributed by atoms with Gasteiger partial charge in [-0.25, -0.2) is 0 Å². The minimum Gasteiger partial charge on any atom is -0.0654 e. The van der Waals surface area contributed by atoms with Crippen LogP contribution in [-0.4, -0.2) is 0 Å². The third-order valence-corrected chi connectivity index (χ3v) is 3.06. The summed E-state index contributed by atoms with van der Waals surface area (Å²) in [4.78, 5) is 0. The van der Waals surface area contributed by atoms with Gasteiger partial charge in [0, 0.05) is 0 Å². The molecule has 0 saturated heterocycles. The lowest BCUT2D eigenvalue weighted by Gasteiger charge is -2.05. The predicted octanol–water partition coefficient (Wildman–Crippen LogP) is 4.62. The molecule has 2 aromatic rings. The summed E-state index contributed by atoms with van der Waals surface area (Å²) in [6.45, 7) is 2.24. The van der Waals surface area contributed by atoms with Crippen molar-refractivity contribution in [2.45, 2.75) is 32.6 Å². The summed E-state index contributed by atoms with van der Waals surface area (Å²) in [5.74, 6) is 0. The average Bonchev–Trinajstić information content (AvgIpc) is 2.38. The van der Waals surface area contributed by atoms with Gasteiger partial charge in [-0.3, -0.25) is 0 Å². The van der Waals surface area contributed by atoms with Gasteiger partial charge in [0.2, 0.25) is 0 Å². The van der Waals surface area contributed by atoms with E-state index in [1.54, 1.807) is 0 Å². The van der Waals surface area contributed by atoms with Crippen LogP contribution in [0.4, 0.5) is 0 Å². The van der Waals surface area contributed by atoms with Crippen molar-refractivity contribution in [1.82, 2.24) is 0 Å². The molecule has 0 heterocycles. The van der Waals surface area contributed by atoms with E-state index in [0.717, 1.165) is 6.42 Å². The summed E-state index contributed by atoms with van der Waals surface area (Å²) in [6.07, 6.45) is 4.80. The lowest BCUT2D eigenvalue weighted by Crippen LogP contribution is -1.91. The lowest BCUT2D eigenvalue weighted by atomic mass is 10.0. The predicted molar refractivity (Wildman–Crippen MR) is 74.3 cm³/mol. The first-order valence-electron chi connectivity index (χ1n) is 6.50. The molecule has 0 aromatic heterocycles. The summed E-state index contributed by atoms with van der Waals surface area (Å²) in [5.41, 5.74) is 4.28. The maximum Gasteiger partial charge on any atom is -0.00257 e. The molecule has 0 heteroatoms. The number of rotatable bonds is 5. The Morgan fingerprint density at radius 1 is 0.765 bits per heavy atom. The zero-order chi connectivity index (χ0) is 11.9. The Labute approximate surface area is 104 Å². The van der Waals surface area contributed by atoms with Gasteiger partial charge < -0.3 is 0 Å². The quantitative estimate of drug-likeness (QED) is 0.695. The van der Waals surface area contributed by atoms with Crippen LogP contribution >= 0.6 is 0 Å². The molecule has 0 aliphatic carbocycles. The van der Waals surface area contributed by atoms with Gasteiger partial charge in [0.25, 0.3) is 0 Å². The van der Waals surface area contributed by atoms with E-state index in [2.05, 4.69) is 61.5 Å². The fourth-order valence-corrected chi connectivity index (χ4v) is 2.11. The van der Waals surface area contributed by atoms with Crippen LogP contribution in [0.5, 0.6) is 0 Å². The summed E-state index contributed by atoms with van der Waals surface area (Å²) in [7, 11) is 0. The Kier molecular flexibility index (Phi) is 4.37. The van der Waals surface area contributed by atoms with Gasteiger partial charge in [-0.05, 0) is 36.0 Å². The van der Waals surface area contributed by atoms with Gasteiger partial charge >= 0.3 is 0 Å². The third kappa shape index (κ3) is 3.74. The number of hydrogen-bond donors (Lipinski definition) is 0. The summed E-state index contributed by atoms with van der Waals surface area (Å²) < 4.78 is 0. The van der Waals surface area contributed by atoms with Crippen molar-refractivity contribution in [3.05, 3.63) is 71.3 Å². The van der Waals surface area contributed by atoms with Gasteiger partial charge in [-0.1, -0.05) is 67.9 Å². The molecule has 0 amide bonds. The maximum absolute atomic E-state index is 2.35. The Morgan fingerprint density at radius 3 is 2.24 bits per heavy atom. The molecule has 0 fully saturated rings. The van der Waals surface area contributed by atoms with Gasteiger partial charge in [0.05, 0.1) is 0 Å². The summed E-state index contributed by atoms with van der Waals surface area (Å²) in [6, 6.07) is 19.7. The van der Waals surface area contributed by atoms with E-state index in [1.165, 1.54) is 36.0 Å². The Balaban J connectivity index is 2.06. The first-order chi connectivity index (χ1) is 8.38. The monoisotopic (exact) mass is 224 g/mol. The Morgan fingerprint density at radius 2 is 1.47 bits per heavy atom. The zero-order valence-corrected chi connectivity index (χ0v) is 10.5. The molecule has 0 aliphatic rings. The normalized spacial score (nSPS) is 10.4. The maximum atomic E-state index is 2.35. The van der Waals surface area contributed by atoms with Crippen molar-refractivity contribution in [1.29, 1.82) is 0 Å². The Hall–Kier alpha value is -1.56.